The number of aromatic nitrogens is 3. The highest BCUT2D eigenvalue weighted by Gasteiger charge is 2.15. The molecule has 0 saturated heterocycles. The summed E-state index contributed by atoms with van der Waals surface area (Å²) in [6, 6.07) is 0.161. The van der Waals surface area contributed by atoms with Crippen LogP contribution in [0.5, 0.6) is 0 Å². The molecule has 0 amide bonds. The molecule has 0 aliphatic carbocycles. The molecule has 18 heavy (non-hydrogen) atoms. The summed E-state index contributed by atoms with van der Waals surface area (Å²) in [5.41, 5.74) is 0.872. The van der Waals surface area contributed by atoms with E-state index in [2.05, 4.69) is 27.2 Å². The van der Waals surface area contributed by atoms with Gasteiger partial charge in [0.25, 0.3) is 0 Å². The molecule has 2 aromatic heterocycles. The van der Waals surface area contributed by atoms with Crippen molar-refractivity contribution in [1.82, 2.24) is 15.0 Å². The second-order valence-corrected chi connectivity index (χ2v) is 5.29. The van der Waals surface area contributed by atoms with Crippen LogP contribution in [0, 0.1) is 13.8 Å². The van der Waals surface area contributed by atoms with Crippen molar-refractivity contribution in [2.75, 3.05) is 5.32 Å². The highest BCUT2D eigenvalue weighted by atomic mass is 35.5. The van der Waals surface area contributed by atoms with E-state index in [1.165, 1.54) is 0 Å². The first kappa shape index (κ1) is 13.2. The molecular formula is C12H15ClN4S. The molecule has 0 saturated carbocycles. The molecule has 0 aromatic carbocycles. The molecule has 1 N–H and O–H groups in total. The molecule has 1 atom stereocenters. The maximum Gasteiger partial charge on any atom is 0.137 e. The van der Waals surface area contributed by atoms with Crippen LogP contribution in [0.15, 0.2) is 11.6 Å². The lowest BCUT2D eigenvalue weighted by molar-refractivity contribution is 0.734. The van der Waals surface area contributed by atoms with Crippen LogP contribution in [-0.4, -0.2) is 15.0 Å². The first-order chi connectivity index (χ1) is 8.61. The smallest absolute Gasteiger partial charge is 0.137 e. The van der Waals surface area contributed by atoms with Crippen molar-refractivity contribution in [1.29, 1.82) is 0 Å². The lowest BCUT2D eigenvalue weighted by atomic mass is 10.2. The van der Waals surface area contributed by atoms with Crippen molar-refractivity contribution in [3.8, 4) is 0 Å². The molecule has 0 aliphatic heterocycles. The number of halogens is 1. The Labute approximate surface area is 115 Å². The lowest BCUT2D eigenvalue weighted by Gasteiger charge is -2.17. The highest BCUT2D eigenvalue weighted by molar-refractivity contribution is 7.09. The number of aryl methyl sites for hydroxylation is 1. The van der Waals surface area contributed by atoms with E-state index in [0.717, 1.165) is 22.8 Å². The van der Waals surface area contributed by atoms with Gasteiger partial charge in [-0.25, -0.2) is 15.0 Å². The molecule has 0 fully saturated rings. The molecule has 2 aromatic rings. The quantitative estimate of drug-likeness (QED) is 0.868. The molecule has 1 unspecified atom stereocenters. The monoisotopic (exact) mass is 282 g/mol. The van der Waals surface area contributed by atoms with Gasteiger partial charge in [0, 0.05) is 17.1 Å². The first-order valence-electron chi connectivity index (χ1n) is 5.78. The molecule has 0 aliphatic rings. The Morgan fingerprint density at radius 2 is 2.17 bits per heavy atom. The second-order valence-electron chi connectivity index (χ2n) is 4.01. The zero-order valence-corrected chi connectivity index (χ0v) is 12.1. The van der Waals surface area contributed by atoms with Crippen LogP contribution < -0.4 is 5.32 Å². The van der Waals surface area contributed by atoms with E-state index in [-0.39, 0.29) is 6.04 Å². The van der Waals surface area contributed by atoms with Crippen molar-refractivity contribution < 1.29 is 0 Å². The fraction of sp³-hybridized carbons (Fsp3) is 0.417. The summed E-state index contributed by atoms with van der Waals surface area (Å²) in [4.78, 5) is 12.9. The van der Waals surface area contributed by atoms with Crippen LogP contribution in [0.25, 0.3) is 0 Å². The molecular weight excluding hydrogens is 268 g/mol. The van der Waals surface area contributed by atoms with Crippen molar-refractivity contribution in [3.05, 3.63) is 33.1 Å². The lowest BCUT2D eigenvalue weighted by Crippen LogP contribution is -2.12. The van der Waals surface area contributed by atoms with Gasteiger partial charge in [0.2, 0.25) is 0 Å². The number of rotatable bonds is 4. The molecule has 2 heterocycles. The Kier molecular flexibility index (Phi) is 4.14. The molecule has 96 valence electrons. The fourth-order valence-electron chi connectivity index (χ4n) is 1.64. The summed E-state index contributed by atoms with van der Waals surface area (Å²) in [6.45, 7) is 5.86. The molecule has 0 radical (unpaired) electrons. The van der Waals surface area contributed by atoms with Crippen molar-refractivity contribution in [2.45, 2.75) is 33.2 Å². The van der Waals surface area contributed by atoms with E-state index in [9.17, 15) is 0 Å². The Bertz CT molecular complexity index is 527. The predicted octanol–water partition coefficient (Wildman–Crippen LogP) is 3.77. The minimum Gasteiger partial charge on any atom is -0.360 e. The summed E-state index contributed by atoms with van der Waals surface area (Å²) in [5.74, 6) is 1.46. The van der Waals surface area contributed by atoms with Crippen LogP contribution in [-0.2, 0) is 0 Å². The van der Waals surface area contributed by atoms with Gasteiger partial charge in [0.15, 0.2) is 0 Å². The number of thiazole rings is 1. The third kappa shape index (κ3) is 2.79. The zero-order valence-electron chi connectivity index (χ0n) is 10.6. The third-order valence-electron chi connectivity index (χ3n) is 2.67. The van der Waals surface area contributed by atoms with E-state index < -0.39 is 0 Å². The highest BCUT2D eigenvalue weighted by Crippen LogP contribution is 2.27. The number of hydrogen-bond acceptors (Lipinski definition) is 5. The van der Waals surface area contributed by atoms with E-state index in [0.29, 0.717) is 11.0 Å². The number of anilines is 1. The summed E-state index contributed by atoms with van der Waals surface area (Å²) in [5, 5.41) is 6.93. The van der Waals surface area contributed by atoms with Gasteiger partial charge < -0.3 is 5.32 Å². The molecule has 2 rings (SSSR count). The summed E-state index contributed by atoms with van der Waals surface area (Å²) in [7, 11) is 0. The van der Waals surface area contributed by atoms with E-state index in [1.807, 2.05) is 25.4 Å². The van der Waals surface area contributed by atoms with Crippen molar-refractivity contribution >= 4 is 28.8 Å². The molecule has 6 heteroatoms. The summed E-state index contributed by atoms with van der Waals surface area (Å²) >= 11 is 7.71. The average Bonchev–Trinajstić information content (AvgIpc) is 2.85. The second kappa shape index (κ2) is 5.63. The minimum absolute atomic E-state index is 0.161. The van der Waals surface area contributed by atoms with Crippen LogP contribution in [0.3, 0.4) is 0 Å². The fourth-order valence-corrected chi connectivity index (χ4v) is 2.63. The Morgan fingerprint density at radius 3 is 2.78 bits per heavy atom. The molecule has 4 nitrogen and oxygen atoms in total. The molecule has 0 spiro atoms. The Morgan fingerprint density at radius 1 is 1.39 bits per heavy atom. The van der Waals surface area contributed by atoms with E-state index in [4.69, 9.17) is 11.6 Å². The van der Waals surface area contributed by atoms with Crippen molar-refractivity contribution in [2.24, 2.45) is 0 Å². The summed E-state index contributed by atoms with van der Waals surface area (Å²) in [6.07, 6.45) is 2.75. The normalized spacial score (nSPS) is 12.4. The number of nitrogens with one attached hydrogen (secondary N) is 1. The maximum absolute atomic E-state index is 6.07. The number of nitrogens with zero attached hydrogens (tertiary/aromatic N) is 3. The van der Waals surface area contributed by atoms with Crippen LogP contribution in [0.2, 0.25) is 5.15 Å². The van der Waals surface area contributed by atoms with Gasteiger partial charge in [-0.1, -0.05) is 18.5 Å². The predicted molar refractivity (Wildman–Crippen MR) is 75.3 cm³/mol. The number of hydrogen-bond donors (Lipinski definition) is 1. The average molecular weight is 283 g/mol. The van der Waals surface area contributed by atoms with Gasteiger partial charge in [-0.05, 0) is 20.3 Å². The van der Waals surface area contributed by atoms with E-state index >= 15 is 0 Å². The zero-order chi connectivity index (χ0) is 13.1. The summed E-state index contributed by atoms with van der Waals surface area (Å²) < 4.78 is 0. The van der Waals surface area contributed by atoms with Gasteiger partial charge in [0.1, 0.15) is 21.8 Å². The van der Waals surface area contributed by atoms with Crippen LogP contribution in [0.1, 0.15) is 35.8 Å². The van der Waals surface area contributed by atoms with E-state index in [1.54, 1.807) is 11.3 Å². The maximum atomic E-state index is 6.07. The third-order valence-corrected chi connectivity index (χ3v) is 3.92. The topological polar surface area (TPSA) is 50.7 Å². The van der Waals surface area contributed by atoms with Crippen LogP contribution >= 0.6 is 22.9 Å². The van der Waals surface area contributed by atoms with Gasteiger partial charge in [0.05, 0.1) is 6.04 Å². The Balaban J connectivity index is 2.28. The van der Waals surface area contributed by atoms with Crippen molar-refractivity contribution in [3.63, 3.8) is 0 Å². The van der Waals surface area contributed by atoms with Gasteiger partial charge in [-0.2, -0.15) is 0 Å². The largest absolute Gasteiger partial charge is 0.360 e. The minimum atomic E-state index is 0.161. The molecule has 0 bridgehead atoms. The SMILES string of the molecule is CCC(Nc1nc(C)nc(Cl)c1C)c1nccs1. The van der Waals surface area contributed by atoms with Crippen LogP contribution in [0.4, 0.5) is 5.82 Å². The first-order valence-corrected chi connectivity index (χ1v) is 7.04. The standard InChI is InChI=1S/C12H15ClN4S/c1-4-9(12-14-5-6-18-12)17-11-7(2)10(13)15-8(3)16-11/h5-6,9H,4H2,1-3H3,(H,15,16,17). The van der Waals surface area contributed by atoms with Gasteiger partial charge in [-0.3, -0.25) is 0 Å². The van der Waals surface area contributed by atoms with Gasteiger partial charge >= 0.3 is 0 Å². The van der Waals surface area contributed by atoms with Gasteiger partial charge in [-0.15, -0.1) is 11.3 Å². The Hall–Kier alpha value is -1.20.